The average molecular weight is 478 g/mol. The average Bonchev–Trinajstić information content (AvgIpc) is 3.22. The zero-order valence-corrected chi connectivity index (χ0v) is 18.9. The van der Waals surface area contributed by atoms with E-state index < -0.39 is 49.8 Å². The molecule has 0 aromatic carbocycles. The quantitative estimate of drug-likeness (QED) is 0.287. The van der Waals surface area contributed by atoms with E-state index in [9.17, 15) is 24.8 Å². The zero-order valence-electron chi connectivity index (χ0n) is 18.0. The number of aliphatic hydroxyl groups is 3. The Morgan fingerprint density at radius 1 is 1.38 bits per heavy atom. The molecule has 1 unspecified atom stereocenters. The summed E-state index contributed by atoms with van der Waals surface area (Å²) in [5.74, 6) is -2.46. The number of nitrogens with one attached hydrogen (secondary N) is 1. The molecular formula is C17H28FN6O7P. The maximum absolute atomic E-state index is 15.4. The Labute approximate surface area is 182 Å². The second kappa shape index (κ2) is 8.45. The molecule has 1 fully saturated rings. The zero-order chi connectivity index (χ0) is 24.1. The normalized spacial score (nSPS) is 27.9. The maximum atomic E-state index is 15.4. The van der Waals surface area contributed by atoms with Crippen molar-refractivity contribution in [3.05, 3.63) is 6.33 Å². The van der Waals surface area contributed by atoms with E-state index in [0.717, 1.165) is 13.8 Å². The highest BCUT2D eigenvalue weighted by Crippen LogP contribution is 2.58. The first kappa shape index (κ1) is 24.7. The van der Waals surface area contributed by atoms with Gasteiger partial charge < -0.3 is 36.0 Å². The van der Waals surface area contributed by atoms with E-state index in [2.05, 4.69) is 20.3 Å². The standard InChI is InChI=1S/C17H28FN6O7P/c1-5-17(18,31-32(28,29)16(2,3)27)6-8-10(25)11(26)14(30-8)24-7-21-9-12(20-4)22-15(19)23-13(9)24/h7-8,10-11,14,25-27H,5-6H2,1-4H3,(H,28,29)(H3,19,20,22,23)/t8-,10-,11-,14-,17-/m1/s1. The molecule has 0 saturated carbocycles. The maximum Gasteiger partial charge on any atom is 0.361 e. The van der Waals surface area contributed by atoms with E-state index in [1.807, 2.05) is 0 Å². The summed E-state index contributed by atoms with van der Waals surface area (Å²) in [6, 6.07) is 0. The predicted molar refractivity (Wildman–Crippen MR) is 111 cm³/mol. The summed E-state index contributed by atoms with van der Waals surface area (Å²) in [6.07, 6.45) is -5.38. The first-order valence-corrected chi connectivity index (χ1v) is 11.4. The third-order valence-corrected chi connectivity index (χ3v) is 7.26. The number of rotatable bonds is 8. The van der Waals surface area contributed by atoms with Gasteiger partial charge in [-0.05, 0) is 13.8 Å². The molecule has 2 aromatic heterocycles. The number of ether oxygens (including phenoxy) is 1. The van der Waals surface area contributed by atoms with Gasteiger partial charge >= 0.3 is 7.60 Å². The number of alkyl halides is 1. The number of halogens is 1. The number of aliphatic hydroxyl groups excluding tert-OH is 2. The molecule has 3 heterocycles. The molecule has 2 aromatic rings. The Morgan fingerprint density at radius 3 is 2.59 bits per heavy atom. The van der Waals surface area contributed by atoms with E-state index in [4.69, 9.17) is 15.0 Å². The Morgan fingerprint density at radius 2 is 2.03 bits per heavy atom. The highest BCUT2D eigenvalue weighted by atomic mass is 31.2. The fourth-order valence-electron chi connectivity index (χ4n) is 3.30. The van der Waals surface area contributed by atoms with Crippen LogP contribution in [0.15, 0.2) is 6.33 Å². The molecule has 0 aliphatic carbocycles. The smallest absolute Gasteiger partial charge is 0.361 e. The largest absolute Gasteiger partial charge is 0.388 e. The summed E-state index contributed by atoms with van der Waals surface area (Å²) in [7, 11) is -3.18. The number of aromatic nitrogens is 4. The summed E-state index contributed by atoms with van der Waals surface area (Å²) in [4.78, 5) is 22.2. The highest BCUT2D eigenvalue weighted by molar-refractivity contribution is 7.54. The van der Waals surface area contributed by atoms with Gasteiger partial charge in [0.05, 0.1) is 12.4 Å². The second-order valence-electron chi connectivity index (χ2n) is 8.10. The van der Waals surface area contributed by atoms with Crippen LogP contribution >= 0.6 is 7.60 Å². The molecular weight excluding hydrogens is 450 g/mol. The van der Waals surface area contributed by atoms with Crippen molar-refractivity contribution in [2.45, 2.75) is 69.3 Å². The molecule has 3 rings (SSSR count). The van der Waals surface area contributed by atoms with E-state index in [1.165, 1.54) is 17.8 Å². The van der Waals surface area contributed by atoms with E-state index in [0.29, 0.717) is 11.3 Å². The van der Waals surface area contributed by atoms with Crippen LogP contribution in [0.25, 0.3) is 11.2 Å². The van der Waals surface area contributed by atoms with E-state index >= 15 is 4.39 Å². The number of nitrogen functional groups attached to an aromatic ring is 1. The van der Waals surface area contributed by atoms with Crippen molar-refractivity contribution in [1.82, 2.24) is 19.5 Å². The van der Waals surface area contributed by atoms with Gasteiger partial charge in [0.15, 0.2) is 28.6 Å². The topological polar surface area (TPSA) is 198 Å². The Hall–Kier alpha value is -1.93. The van der Waals surface area contributed by atoms with Crippen LogP contribution in [-0.2, 0) is 13.8 Å². The first-order valence-electron chi connectivity index (χ1n) is 9.87. The Bertz CT molecular complexity index is 1030. The van der Waals surface area contributed by atoms with Crippen molar-refractivity contribution in [3.8, 4) is 0 Å². The number of imidazole rings is 1. The third-order valence-electron chi connectivity index (χ3n) is 5.30. The van der Waals surface area contributed by atoms with Gasteiger partial charge in [-0.3, -0.25) is 13.7 Å². The van der Waals surface area contributed by atoms with Gasteiger partial charge in [0.2, 0.25) is 11.8 Å². The molecule has 7 N–H and O–H groups in total. The number of fused-ring (bicyclic) bond motifs is 1. The van der Waals surface area contributed by atoms with Gasteiger partial charge in [-0.2, -0.15) is 9.97 Å². The fraction of sp³-hybridized carbons (Fsp3) is 0.706. The molecule has 180 valence electrons. The summed E-state index contributed by atoms with van der Waals surface area (Å²) in [5, 5.41) is 31.5. The van der Waals surface area contributed by atoms with Crippen molar-refractivity contribution < 1.29 is 38.4 Å². The van der Waals surface area contributed by atoms with Crippen LogP contribution in [-0.4, -0.2) is 76.3 Å². The van der Waals surface area contributed by atoms with E-state index in [1.54, 1.807) is 7.05 Å². The summed E-state index contributed by atoms with van der Waals surface area (Å²) in [5.41, 5.74) is 6.26. The fourth-order valence-corrected chi connectivity index (χ4v) is 4.17. The number of anilines is 2. The van der Waals surface area contributed by atoms with Gasteiger partial charge in [-0.15, -0.1) is 0 Å². The molecule has 0 radical (unpaired) electrons. The lowest BCUT2D eigenvalue weighted by atomic mass is 10.0. The monoisotopic (exact) mass is 478 g/mol. The number of hydrogen-bond acceptors (Lipinski definition) is 11. The Kier molecular flexibility index (Phi) is 6.52. The van der Waals surface area contributed by atoms with Crippen LogP contribution in [0.5, 0.6) is 0 Å². The van der Waals surface area contributed by atoms with Crippen molar-refractivity contribution in [1.29, 1.82) is 0 Å². The van der Waals surface area contributed by atoms with Gasteiger partial charge in [0.25, 0.3) is 0 Å². The van der Waals surface area contributed by atoms with Crippen LogP contribution in [0.3, 0.4) is 0 Å². The van der Waals surface area contributed by atoms with Crippen molar-refractivity contribution in [2.75, 3.05) is 18.1 Å². The number of hydrogen-bond donors (Lipinski definition) is 6. The van der Waals surface area contributed by atoms with Crippen molar-refractivity contribution >= 4 is 30.5 Å². The summed E-state index contributed by atoms with van der Waals surface area (Å²) in [6.45, 7) is 3.39. The predicted octanol–water partition coefficient (Wildman–Crippen LogP) is 0.466. The molecule has 0 bridgehead atoms. The molecule has 1 saturated heterocycles. The van der Waals surface area contributed by atoms with Crippen molar-refractivity contribution in [3.63, 3.8) is 0 Å². The van der Waals surface area contributed by atoms with Crippen LogP contribution in [0.2, 0.25) is 0 Å². The van der Waals surface area contributed by atoms with Crippen molar-refractivity contribution in [2.24, 2.45) is 0 Å². The molecule has 1 aliphatic heterocycles. The SMILES string of the molecule is CC[C@](F)(C[C@H]1O[C@@H](n2cnc3c(NC)nc(N)nc32)[C@H](O)[C@@H]1O)OP(=O)(O)C(C)(C)O. The molecule has 6 atom stereocenters. The first-order chi connectivity index (χ1) is 14.7. The van der Waals surface area contributed by atoms with Gasteiger partial charge in [0, 0.05) is 19.9 Å². The van der Waals surface area contributed by atoms with Crippen LogP contribution in [0.1, 0.15) is 39.8 Å². The minimum atomic E-state index is -4.79. The lowest BCUT2D eigenvalue weighted by molar-refractivity contribution is -0.132. The summed E-state index contributed by atoms with van der Waals surface area (Å²) >= 11 is 0. The number of nitrogens with two attached hydrogens (primary N) is 1. The Balaban J connectivity index is 1.88. The second-order valence-corrected chi connectivity index (χ2v) is 10.4. The number of nitrogens with zero attached hydrogens (tertiary/aromatic N) is 4. The minimum Gasteiger partial charge on any atom is -0.388 e. The lowest BCUT2D eigenvalue weighted by Crippen LogP contribution is -2.39. The molecule has 1 aliphatic rings. The molecule has 13 nitrogen and oxygen atoms in total. The molecule has 0 spiro atoms. The van der Waals surface area contributed by atoms with Gasteiger partial charge in [0.1, 0.15) is 12.2 Å². The van der Waals surface area contributed by atoms with E-state index in [-0.39, 0.29) is 18.0 Å². The lowest BCUT2D eigenvalue weighted by Gasteiger charge is -2.33. The molecule has 32 heavy (non-hydrogen) atoms. The van der Waals surface area contributed by atoms with Crippen LogP contribution < -0.4 is 11.1 Å². The van der Waals surface area contributed by atoms with Gasteiger partial charge in [-0.1, -0.05) is 6.92 Å². The third kappa shape index (κ3) is 4.44. The van der Waals surface area contributed by atoms with Crippen LogP contribution in [0, 0.1) is 0 Å². The molecule has 0 amide bonds. The van der Waals surface area contributed by atoms with Gasteiger partial charge in [-0.25, -0.2) is 9.37 Å². The van der Waals surface area contributed by atoms with Crippen LogP contribution in [0.4, 0.5) is 16.2 Å². The molecule has 15 heteroatoms. The summed E-state index contributed by atoms with van der Waals surface area (Å²) < 4.78 is 39.4. The minimum absolute atomic E-state index is 0.0688. The highest BCUT2D eigenvalue weighted by Gasteiger charge is 2.52.